The quantitative estimate of drug-likeness (QED) is 0.0380. The first-order chi connectivity index (χ1) is 18.5. The second kappa shape index (κ2) is 27.0. The topological polar surface area (TPSA) is 52.6 Å². The van der Waals surface area contributed by atoms with E-state index in [1.807, 2.05) is 8.95 Å². The number of ether oxygens (including phenoxy) is 1. The standard InChI is InChI=1S/C12H20O4.C12H26S.2C4H9.Sn/c1-3-5-6-10(4-2)9-16-12(15)8-7-11(13)14;1-2-3-4-5-6-7-8-9-10-11-12-13;2*1-3-4-2;/h7-8,10H,3-6,9H2,1-2H3,(H,13,14);13H,2-12H2,1H3;2*1,3-4H2,2H3;/q;;;;+2/p-2. The van der Waals surface area contributed by atoms with Gasteiger partial charge in [0.15, 0.2) is 0 Å². The molecule has 0 N–H and O–H groups in total. The Morgan fingerprint density at radius 3 is 1.68 bits per heavy atom. The number of hydrogen-bond donors (Lipinski definition) is 0. The molecule has 0 amide bonds. The van der Waals surface area contributed by atoms with Crippen LogP contribution in [0.3, 0.4) is 0 Å². The zero-order valence-electron chi connectivity index (χ0n) is 25.8. The van der Waals surface area contributed by atoms with E-state index in [2.05, 4.69) is 34.6 Å². The third-order valence-corrected chi connectivity index (χ3v) is 25.9. The average molecular weight is 662 g/mol. The van der Waals surface area contributed by atoms with Gasteiger partial charge in [-0.05, 0) is 0 Å². The summed E-state index contributed by atoms with van der Waals surface area (Å²) < 4.78 is 13.9. The molecule has 0 spiro atoms. The Morgan fingerprint density at radius 2 is 1.16 bits per heavy atom. The molecule has 0 radical (unpaired) electrons. The van der Waals surface area contributed by atoms with Crippen molar-refractivity contribution in [3.63, 3.8) is 0 Å². The minimum atomic E-state index is -3.16. The van der Waals surface area contributed by atoms with E-state index in [0.717, 1.165) is 66.0 Å². The van der Waals surface area contributed by atoms with Crippen LogP contribution in [0.4, 0.5) is 0 Å². The minimum absolute atomic E-state index is 0.335. The first kappa shape index (κ1) is 37.8. The predicted octanol–water partition coefficient (Wildman–Crippen LogP) is 10.5. The Labute approximate surface area is 244 Å². The Hall–Kier alpha value is -0.171. The van der Waals surface area contributed by atoms with Crippen LogP contribution < -0.4 is 0 Å². The van der Waals surface area contributed by atoms with Gasteiger partial charge in [0.25, 0.3) is 0 Å². The summed E-state index contributed by atoms with van der Waals surface area (Å²) in [7, 11) is 2.03. The molecule has 6 heteroatoms. The van der Waals surface area contributed by atoms with E-state index < -0.39 is 23.4 Å². The van der Waals surface area contributed by atoms with E-state index in [9.17, 15) is 9.59 Å². The number of carbonyl (C=O) groups excluding carboxylic acids is 2. The van der Waals surface area contributed by atoms with Gasteiger partial charge in [-0.15, -0.1) is 0 Å². The number of rotatable bonds is 27. The number of esters is 1. The van der Waals surface area contributed by atoms with E-state index in [-0.39, 0.29) is 5.97 Å². The zero-order chi connectivity index (χ0) is 28.3. The maximum absolute atomic E-state index is 12.8. The molecule has 0 aromatic heterocycles. The Bertz CT molecular complexity index is 588. The average Bonchev–Trinajstić information content (AvgIpc) is 2.92. The van der Waals surface area contributed by atoms with Gasteiger partial charge in [0.1, 0.15) is 0 Å². The summed E-state index contributed by atoms with van der Waals surface area (Å²) in [6.45, 7) is 11.4. The predicted molar refractivity (Wildman–Crippen MR) is 169 cm³/mol. The second-order valence-electron chi connectivity index (χ2n) is 10.9. The number of hydrogen-bond acceptors (Lipinski definition) is 5. The molecule has 0 saturated carbocycles. The molecule has 0 fully saturated rings. The van der Waals surface area contributed by atoms with Crippen molar-refractivity contribution in [2.45, 2.75) is 159 Å². The van der Waals surface area contributed by atoms with Crippen molar-refractivity contribution in [2.24, 2.45) is 5.92 Å². The van der Waals surface area contributed by atoms with Crippen LogP contribution in [0.2, 0.25) is 8.87 Å². The summed E-state index contributed by atoms with van der Waals surface area (Å²) >= 11 is -3.16. The maximum atomic E-state index is 12.8. The van der Waals surface area contributed by atoms with Gasteiger partial charge >= 0.3 is 238 Å². The van der Waals surface area contributed by atoms with E-state index in [0.29, 0.717) is 12.5 Å². The van der Waals surface area contributed by atoms with Crippen LogP contribution in [-0.2, 0) is 17.4 Å². The van der Waals surface area contributed by atoms with Crippen molar-refractivity contribution in [1.82, 2.24) is 0 Å². The van der Waals surface area contributed by atoms with Crippen LogP contribution in [0, 0.1) is 5.92 Å². The number of carbonyl (C=O) groups is 2. The van der Waals surface area contributed by atoms with Crippen LogP contribution in [0.1, 0.15) is 150 Å². The molecule has 0 rings (SSSR count). The summed E-state index contributed by atoms with van der Waals surface area (Å²) in [5.41, 5.74) is 0. The molecule has 0 aliphatic carbocycles. The van der Waals surface area contributed by atoms with Gasteiger partial charge in [0.2, 0.25) is 0 Å². The molecule has 0 bridgehead atoms. The molecule has 0 aliphatic heterocycles. The van der Waals surface area contributed by atoms with E-state index in [1.165, 1.54) is 76.4 Å². The fourth-order valence-electron chi connectivity index (χ4n) is 4.64. The molecule has 4 nitrogen and oxygen atoms in total. The van der Waals surface area contributed by atoms with E-state index in [4.69, 9.17) is 7.81 Å². The van der Waals surface area contributed by atoms with Crippen molar-refractivity contribution in [1.29, 1.82) is 0 Å². The first-order valence-electron chi connectivity index (χ1n) is 16.2. The fourth-order valence-corrected chi connectivity index (χ4v) is 23.2. The molecular formula is C32H62O4SSn. The van der Waals surface area contributed by atoms with Gasteiger partial charge in [-0.25, -0.2) is 0 Å². The van der Waals surface area contributed by atoms with Crippen molar-refractivity contribution in [3.05, 3.63) is 12.2 Å². The third kappa shape index (κ3) is 21.6. The van der Waals surface area contributed by atoms with Crippen LogP contribution in [0.15, 0.2) is 12.2 Å². The molecule has 1 atom stereocenters. The third-order valence-electron chi connectivity index (χ3n) is 7.33. The number of unbranched alkanes of at least 4 members (excludes halogenated alkanes) is 12. The van der Waals surface area contributed by atoms with Crippen LogP contribution in [-0.4, -0.2) is 41.7 Å². The summed E-state index contributed by atoms with van der Waals surface area (Å²) in [6, 6.07) is 0. The summed E-state index contributed by atoms with van der Waals surface area (Å²) in [5, 5.41) is 0. The monoisotopic (exact) mass is 662 g/mol. The van der Waals surface area contributed by atoms with E-state index >= 15 is 0 Å². The molecule has 224 valence electrons. The van der Waals surface area contributed by atoms with Crippen LogP contribution in [0.5, 0.6) is 0 Å². The van der Waals surface area contributed by atoms with E-state index in [1.54, 1.807) is 0 Å². The summed E-state index contributed by atoms with van der Waals surface area (Å²) in [6.07, 6.45) is 24.9. The Morgan fingerprint density at radius 1 is 0.658 bits per heavy atom. The molecule has 0 heterocycles. The molecule has 0 aromatic rings. The summed E-state index contributed by atoms with van der Waals surface area (Å²) in [5.74, 6) is 0.736. The normalized spacial score (nSPS) is 12.7. The first-order valence-corrected chi connectivity index (χ1v) is 25.9. The van der Waals surface area contributed by atoms with Crippen molar-refractivity contribution >= 4 is 38.3 Å². The molecule has 0 aromatic carbocycles. The summed E-state index contributed by atoms with van der Waals surface area (Å²) in [4.78, 5) is 25.1. The van der Waals surface area contributed by atoms with Gasteiger partial charge in [-0.3, -0.25) is 0 Å². The molecule has 38 heavy (non-hydrogen) atoms. The van der Waals surface area contributed by atoms with Crippen LogP contribution in [0.25, 0.3) is 0 Å². The molecular weight excluding hydrogens is 599 g/mol. The second-order valence-corrected chi connectivity index (χ2v) is 27.7. The van der Waals surface area contributed by atoms with Gasteiger partial charge in [-0.1, -0.05) is 6.92 Å². The molecule has 1 unspecified atom stereocenters. The zero-order valence-corrected chi connectivity index (χ0v) is 29.5. The molecule has 0 aliphatic rings. The Balaban J connectivity index is 4.71. The van der Waals surface area contributed by atoms with Crippen LogP contribution >= 0.6 is 8.95 Å². The van der Waals surface area contributed by atoms with Gasteiger partial charge in [0.05, 0.1) is 0 Å². The van der Waals surface area contributed by atoms with Gasteiger partial charge < -0.3 is 0 Å². The molecule has 0 saturated heterocycles. The van der Waals surface area contributed by atoms with Crippen molar-refractivity contribution < 1.29 is 17.4 Å². The Kier molecular flexibility index (Phi) is 26.9. The van der Waals surface area contributed by atoms with Crippen molar-refractivity contribution in [2.75, 3.05) is 12.4 Å². The van der Waals surface area contributed by atoms with Crippen molar-refractivity contribution in [3.8, 4) is 0 Å². The van der Waals surface area contributed by atoms with Gasteiger partial charge in [-0.2, -0.15) is 0 Å². The fraction of sp³-hybridized carbons (Fsp3) is 0.875. The van der Waals surface area contributed by atoms with Gasteiger partial charge in [0, 0.05) is 0 Å². The SMILES string of the molecule is CCCCCCCCCCCC[S][Sn]([CH2]CCC)([CH2]CCC)[O]C(=O)C=CC(=O)OCC(CC)CCCC.